The first kappa shape index (κ1) is 24.0. The molecule has 0 aromatic heterocycles. The Labute approximate surface area is 171 Å². The first-order valence-electron chi connectivity index (χ1n) is 10.6. The minimum Gasteiger partial charge on any atom is -0.509 e. The fourth-order valence-corrected chi connectivity index (χ4v) is 4.06. The van der Waals surface area contributed by atoms with E-state index in [2.05, 4.69) is 26.2 Å². The molecule has 28 heavy (non-hydrogen) atoms. The van der Waals surface area contributed by atoms with E-state index in [0.29, 0.717) is 12.2 Å². The van der Waals surface area contributed by atoms with Crippen LogP contribution in [0.4, 0.5) is 0 Å². The molecule has 156 valence electrons. The molecule has 3 heteroatoms. The van der Waals surface area contributed by atoms with Gasteiger partial charge in [-0.25, -0.2) is 0 Å². The van der Waals surface area contributed by atoms with Crippen molar-refractivity contribution < 1.29 is 14.6 Å². The van der Waals surface area contributed by atoms with E-state index in [1.807, 2.05) is 12.2 Å². The molecule has 0 saturated heterocycles. The number of aliphatic hydroxyl groups is 1. The van der Waals surface area contributed by atoms with Crippen molar-refractivity contribution in [3.63, 3.8) is 0 Å². The second-order valence-corrected chi connectivity index (χ2v) is 7.96. The molecule has 0 unspecified atom stereocenters. The molecule has 0 spiro atoms. The SMILES string of the molecule is C=C(O)/C=C\C(=C)C1(/C(C)=C/C=C(\C)OC=O)CCCCCCCCCCC1. The van der Waals surface area contributed by atoms with Gasteiger partial charge in [0.1, 0.15) is 11.5 Å². The van der Waals surface area contributed by atoms with Crippen LogP contribution in [-0.2, 0) is 9.53 Å². The summed E-state index contributed by atoms with van der Waals surface area (Å²) in [7, 11) is 0. The largest absolute Gasteiger partial charge is 0.509 e. The van der Waals surface area contributed by atoms with Crippen LogP contribution in [0.25, 0.3) is 0 Å². The molecular formula is C25H38O3. The van der Waals surface area contributed by atoms with Gasteiger partial charge >= 0.3 is 0 Å². The van der Waals surface area contributed by atoms with Crippen molar-refractivity contribution in [1.29, 1.82) is 0 Å². The van der Waals surface area contributed by atoms with Crippen LogP contribution in [0, 0.1) is 5.41 Å². The average Bonchev–Trinajstić information content (AvgIpc) is 2.65. The highest BCUT2D eigenvalue weighted by molar-refractivity contribution is 5.41. The first-order valence-corrected chi connectivity index (χ1v) is 10.6. The lowest BCUT2D eigenvalue weighted by Gasteiger charge is -2.37. The molecule has 0 amide bonds. The van der Waals surface area contributed by atoms with Crippen LogP contribution in [-0.4, -0.2) is 11.6 Å². The molecule has 1 aliphatic rings. The summed E-state index contributed by atoms with van der Waals surface area (Å²) in [6.45, 7) is 12.3. The predicted molar refractivity (Wildman–Crippen MR) is 118 cm³/mol. The molecule has 0 aliphatic heterocycles. The van der Waals surface area contributed by atoms with Crippen molar-refractivity contribution >= 4 is 6.47 Å². The lowest BCUT2D eigenvalue weighted by molar-refractivity contribution is -0.124. The van der Waals surface area contributed by atoms with E-state index in [4.69, 9.17) is 4.74 Å². The van der Waals surface area contributed by atoms with E-state index >= 15 is 0 Å². The van der Waals surface area contributed by atoms with Gasteiger partial charge in [0.05, 0.1) is 0 Å². The van der Waals surface area contributed by atoms with Crippen molar-refractivity contribution in [2.24, 2.45) is 5.41 Å². The van der Waals surface area contributed by atoms with Crippen LogP contribution in [0.5, 0.6) is 0 Å². The van der Waals surface area contributed by atoms with Gasteiger partial charge in [-0.2, -0.15) is 0 Å². The topological polar surface area (TPSA) is 46.5 Å². The molecule has 1 rings (SSSR count). The quantitative estimate of drug-likeness (QED) is 0.280. The molecule has 1 N–H and O–H groups in total. The molecule has 3 nitrogen and oxygen atoms in total. The maximum Gasteiger partial charge on any atom is 0.298 e. The van der Waals surface area contributed by atoms with Crippen molar-refractivity contribution in [2.75, 3.05) is 0 Å². The van der Waals surface area contributed by atoms with Gasteiger partial charge in [0, 0.05) is 5.41 Å². The maximum atomic E-state index is 10.6. The van der Waals surface area contributed by atoms with Gasteiger partial charge in [-0.1, -0.05) is 88.7 Å². The third-order valence-electron chi connectivity index (χ3n) is 5.86. The van der Waals surface area contributed by atoms with E-state index in [1.54, 1.807) is 13.0 Å². The summed E-state index contributed by atoms with van der Waals surface area (Å²) in [6.07, 6.45) is 20.9. The summed E-state index contributed by atoms with van der Waals surface area (Å²) >= 11 is 0. The zero-order chi connectivity index (χ0) is 20.8. The van der Waals surface area contributed by atoms with Gasteiger partial charge in [-0.3, -0.25) is 4.79 Å². The summed E-state index contributed by atoms with van der Waals surface area (Å²) in [5, 5.41) is 9.51. The molecular weight excluding hydrogens is 348 g/mol. The molecule has 0 aromatic carbocycles. The zero-order valence-electron chi connectivity index (χ0n) is 17.8. The maximum absolute atomic E-state index is 10.6. The average molecular weight is 387 g/mol. The van der Waals surface area contributed by atoms with Crippen molar-refractivity contribution in [3.8, 4) is 0 Å². The van der Waals surface area contributed by atoms with Crippen LogP contribution in [0.3, 0.4) is 0 Å². The van der Waals surface area contributed by atoms with Crippen molar-refractivity contribution in [1.82, 2.24) is 0 Å². The Hall–Kier alpha value is -2.03. The summed E-state index contributed by atoms with van der Waals surface area (Å²) in [4.78, 5) is 10.6. The third-order valence-corrected chi connectivity index (χ3v) is 5.86. The summed E-state index contributed by atoms with van der Waals surface area (Å²) in [5.41, 5.74) is 2.08. The van der Waals surface area contributed by atoms with Gasteiger partial charge in [0.2, 0.25) is 0 Å². The molecule has 1 saturated carbocycles. The third kappa shape index (κ3) is 8.33. The number of allylic oxidation sites excluding steroid dienone is 7. The van der Waals surface area contributed by atoms with Gasteiger partial charge in [-0.05, 0) is 44.4 Å². The first-order chi connectivity index (χ1) is 13.4. The molecule has 1 aliphatic carbocycles. The van der Waals surface area contributed by atoms with Gasteiger partial charge in [-0.15, -0.1) is 0 Å². The van der Waals surface area contributed by atoms with Crippen LogP contribution in [0.2, 0.25) is 0 Å². The smallest absolute Gasteiger partial charge is 0.298 e. The van der Waals surface area contributed by atoms with E-state index in [9.17, 15) is 9.90 Å². The Kier molecular flexibility index (Phi) is 11.3. The standard InChI is InChI=1S/C25H38O3/c1-21(14-16-23(3)27)25(22(2)15-17-24(4)28-20-26)18-12-10-8-6-5-7-9-11-13-19-25/h14-17,20,27H,1,3,5-13,18-19H2,2,4H3/b16-14-,22-15+,24-17+. The highest BCUT2D eigenvalue weighted by Crippen LogP contribution is 2.45. The van der Waals surface area contributed by atoms with Crippen molar-refractivity contribution in [2.45, 2.75) is 84.5 Å². The number of ether oxygens (including phenoxy) is 1. The lowest BCUT2D eigenvalue weighted by Crippen LogP contribution is -2.24. The monoisotopic (exact) mass is 386 g/mol. The predicted octanol–water partition coefficient (Wildman–Crippen LogP) is 7.48. The molecule has 0 aromatic rings. The van der Waals surface area contributed by atoms with Gasteiger partial charge in [0.25, 0.3) is 6.47 Å². The molecule has 0 heterocycles. The summed E-state index contributed by atoms with van der Waals surface area (Å²) < 4.78 is 4.92. The number of carbonyl (C=O) groups is 1. The van der Waals surface area contributed by atoms with Gasteiger partial charge in [0.15, 0.2) is 0 Å². The van der Waals surface area contributed by atoms with Gasteiger partial charge < -0.3 is 9.84 Å². The number of aliphatic hydroxyl groups excluding tert-OH is 1. The Morgan fingerprint density at radius 1 is 0.857 bits per heavy atom. The van der Waals surface area contributed by atoms with E-state index in [1.165, 1.54) is 50.5 Å². The minimum atomic E-state index is -0.150. The van der Waals surface area contributed by atoms with Crippen LogP contribution in [0.15, 0.2) is 60.1 Å². The Morgan fingerprint density at radius 3 is 1.82 bits per heavy atom. The van der Waals surface area contributed by atoms with Crippen LogP contribution >= 0.6 is 0 Å². The van der Waals surface area contributed by atoms with Crippen LogP contribution < -0.4 is 0 Å². The zero-order valence-corrected chi connectivity index (χ0v) is 17.8. The molecule has 1 fully saturated rings. The van der Waals surface area contributed by atoms with E-state index in [-0.39, 0.29) is 11.2 Å². The fraction of sp³-hybridized carbons (Fsp3) is 0.560. The number of carbonyl (C=O) groups excluding carboxylic acids is 1. The number of rotatable bonds is 7. The van der Waals surface area contributed by atoms with E-state index in [0.717, 1.165) is 31.3 Å². The summed E-state index contributed by atoms with van der Waals surface area (Å²) in [6, 6.07) is 0. The van der Waals surface area contributed by atoms with Crippen molar-refractivity contribution in [3.05, 3.63) is 60.1 Å². The second-order valence-electron chi connectivity index (χ2n) is 7.96. The molecule has 0 bridgehead atoms. The second kappa shape index (κ2) is 13.2. The Bertz CT molecular complexity index is 595. The summed E-state index contributed by atoms with van der Waals surface area (Å²) in [5.74, 6) is 0.615. The Morgan fingerprint density at radius 2 is 1.36 bits per heavy atom. The number of hydrogen-bond donors (Lipinski definition) is 1. The lowest BCUT2D eigenvalue weighted by atomic mass is 9.67. The normalized spacial score (nSPS) is 20.1. The highest BCUT2D eigenvalue weighted by Gasteiger charge is 2.33. The number of hydrogen-bond acceptors (Lipinski definition) is 3. The Balaban J connectivity index is 3.21. The molecule has 0 atom stereocenters. The van der Waals surface area contributed by atoms with E-state index < -0.39 is 0 Å². The highest BCUT2D eigenvalue weighted by atomic mass is 16.5. The van der Waals surface area contributed by atoms with Crippen LogP contribution in [0.1, 0.15) is 84.5 Å². The fourth-order valence-electron chi connectivity index (χ4n) is 4.06. The molecule has 0 radical (unpaired) electrons. The minimum absolute atomic E-state index is 0.0428.